The SMILES string of the molecule is CCOC(=O)CC(=O)N1CCN(S(=O)(=O)Nc2ccc(F)c(F)c2Nc2ccc(I)cc2Cl)CC1. The van der Waals surface area contributed by atoms with Gasteiger partial charge in [-0.2, -0.15) is 12.7 Å². The van der Waals surface area contributed by atoms with Crippen LogP contribution in [0.15, 0.2) is 30.3 Å². The summed E-state index contributed by atoms with van der Waals surface area (Å²) >= 11 is 8.21. The van der Waals surface area contributed by atoms with Gasteiger partial charge in [0.25, 0.3) is 0 Å². The number of hydrogen-bond donors (Lipinski definition) is 2. The summed E-state index contributed by atoms with van der Waals surface area (Å²) in [5, 5.41) is 2.89. The second-order valence-corrected chi connectivity index (χ2v) is 10.7. The zero-order valence-corrected chi connectivity index (χ0v) is 22.2. The Kier molecular flexibility index (Phi) is 9.12. The minimum Gasteiger partial charge on any atom is -0.466 e. The van der Waals surface area contributed by atoms with Crippen LogP contribution in [-0.4, -0.2) is 62.3 Å². The standard InChI is InChI=1S/C21H22ClF2IN4O5S/c1-2-34-19(31)12-18(30)28-7-9-29(10-8-28)35(32,33)27-17-6-4-15(23)20(24)21(17)26-16-5-3-13(25)11-14(16)22/h3-6,11,26-27H,2,7-10,12H2,1H3. The largest absolute Gasteiger partial charge is 0.466 e. The third-order valence-corrected chi connectivity index (χ3v) is 7.56. The van der Waals surface area contributed by atoms with Gasteiger partial charge in [-0.1, -0.05) is 11.6 Å². The summed E-state index contributed by atoms with van der Waals surface area (Å²) in [7, 11) is -4.19. The highest BCUT2D eigenvalue weighted by Crippen LogP contribution is 2.34. The molecule has 9 nitrogen and oxygen atoms in total. The smallest absolute Gasteiger partial charge is 0.315 e. The molecule has 0 bridgehead atoms. The first-order valence-electron chi connectivity index (χ1n) is 10.4. The van der Waals surface area contributed by atoms with E-state index in [1.807, 2.05) is 22.6 Å². The average molecular weight is 643 g/mol. The summed E-state index contributed by atoms with van der Waals surface area (Å²) in [5.74, 6) is -3.57. The van der Waals surface area contributed by atoms with Crippen LogP contribution in [0.2, 0.25) is 5.02 Å². The van der Waals surface area contributed by atoms with E-state index in [2.05, 4.69) is 10.0 Å². The van der Waals surface area contributed by atoms with Crippen LogP contribution in [0.25, 0.3) is 0 Å². The van der Waals surface area contributed by atoms with Crippen LogP contribution in [0.1, 0.15) is 13.3 Å². The molecule has 0 spiro atoms. The number of anilines is 3. The van der Waals surface area contributed by atoms with Crippen molar-refractivity contribution >= 4 is 73.3 Å². The lowest BCUT2D eigenvalue weighted by Gasteiger charge is -2.34. The lowest BCUT2D eigenvalue weighted by atomic mass is 10.2. The fraction of sp³-hybridized carbons (Fsp3) is 0.333. The number of carbonyl (C=O) groups is 2. The van der Waals surface area contributed by atoms with E-state index in [1.165, 1.54) is 4.90 Å². The van der Waals surface area contributed by atoms with Gasteiger partial charge in [0.05, 0.1) is 23.0 Å². The van der Waals surface area contributed by atoms with E-state index in [0.717, 1.165) is 20.0 Å². The Morgan fingerprint density at radius 2 is 1.77 bits per heavy atom. The van der Waals surface area contributed by atoms with Crippen molar-refractivity contribution in [2.45, 2.75) is 13.3 Å². The molecule has 1 heterocycles. The molecule has 1 amide bonds. The zero-order chi connectivity index (χ0) is 25.8. The molecule has 2 aromatic rings. The number of piperazine rings is 1. The number of rotatable bonds is 8. The maximum atomic E-state index is 14.7. The Bertz CT molecular complexity index is 1230. The molecule has 1 aliphatic rings. The third kappa shape index (κ3) is 6.92. The maximum absolute atomic E-state index is 14.7. The van der Waals surface area contributed by atoms with Gasteiger partial charge in [0.15, 0.2) is 11.6 Å². The maximum Gasteiger partial charge on any atom is 0.315 e. The number of carbonyl (C=O) groups excluding carboxylic acids is 2. The van der Waals surface area contributed by atoms with Crippen LogP contribution in [-0.2, 0) is 24.5 Å². The molecule has 3 rings (SSSR count). The predicted molar refractivity (Wildman–Crippen MR) is 136 cm³/mol. The number of amides is 1. The van der Waals surface area contributed by atoms with Crippen molar-refractivity contribution in [3.8, 4) is 0 Å². The first-order valence-corrected chi connectivity index (χ1v) is 13.3. The van der Waals surface area contributed by atoms with Crippen molar-refractivity contribution in [2.75, 3.05) is 42.8 Å². The molecular weight excluding hydrogens is 621 g/mol. The number of hydrogen-bond acceptors (Lipinski definition) is 6. The molecule has 1 fully saturated rings. The molecule has 1 aliphatic heterocycles. The van der Waals surface area contributed by atoms with Crippen molar-refractivity contribution in [1.82, 2.24) is 9.21 Å². The fourth-order valence-corrected chi connectivity index (χ4v) is 5.44. The summed E-state index contributed by atoms with van der Waals surface area (Å²) in [6.45, 7) is 1.78. The number of nitrogens with zero attached hydrogens (tertiary/aromatic N) is 2. The Labute approximate surface area is 220 Å². The molecule has 0 aliphatic carbocycles. The lowest BCUT2D eigenvalue weighted by Crippen LogP contribution is -2.52. The Morgan fingerprint density at radius 1 is 1.11 bits per heavy atom. The van der Waals surface area contributed by atoms with Crippen molar-refractivity contribution in [1.29, 1.82) is 0 Å². The van der Waals surface area contributed by atoms with Crippen LogP contribution < -0.4 is 10.0 Å². The molecular formula is C21H22ClF2IN4O5S. The molecule has 0 aromatic heterocycles. The summed E-state index contributed by atoms with van der Waals surface area (Å²) in [5.41, 5.74) is -0.398. The van der Waals surface area contributed by atoms with Crippen LogP contribution in [0.3, 0.4) is 0 Å². The summed E-state index contributed by atoms with van der Waals surface area (Å²) < 4.78 is 63.5. The molecule has 14 heteroatoms. The second kappa shape index (κ2) is 11.7. The highest BCUT2D eigenvalue weighted by Gasteiger charge is 2.30. The van der Waals surface area contributed by atoms with E-state index in [0.29, 0.717) is 0 Å². The minimum absolute atomic E-state index is 0.0558. The van der Waals surface area contributed by atoms with Gasteiger partial charge in [-0.15, -0.1) is 0 Å². The first kappa shape index (κ1) is 27.4. The van der Waals surface area contributed by atoms with Crippen LogP contribution in [0.4, 0.5) is 25.8 Å². The van der Waals surface area contributed by atoms with Gasteiger partial charge in [0, 0.05) is 29.7 Å². The van der Waals surface area contributed by atoms with Gasteiger partial charge in [0.2, 0.25) is 5.91 Å². The topological polar surface area (TPSA) is 108 Å². The highest BCUT2D eigenvalue weighted by atomic mass is 127. The van der Waals surface area contributed by atoms with E-state index < -0.39 is 45.8 Å². The fourth-order valence-electron chi connectivity index (χ4n) is 3.31. The van der Waals surface area contributed by atoms with E-state index in [4.69, 9.17) is 16.3 Å². The number of nitrogens with one attached hydrogen (secondary N) is 2. The molecule has 0 saturated carbocycles. The zero-order valence-electron chi connectivity index (χ0n) is 18.5. The van der Waals surface area contributed by atoms with Gasteiger partial charge in [-0.3, -0.25) is 14.3 Å². The van der Waals surface area contributed by atoms with Gasteiger partial charge in [-0.05, 0) is 59.8 Å². The molecule has 0 atom stereocenters. The summed E-state index contributed by atoms with van der Waals surface area (Å²) in [6.07, 6.45) is -0.427. The monoisotopic (exact) mass is 642 g/mol. The van der Waals surface area contributed by atoms with E-state index in [-0.39, 0.29) is 49.2 Å². The molecule has 0 radical (unpaired) electrons. The molecule has 0 unspecified atom stereocenters. The van der Waals surface area contributed by atoms with Crippen molar-refractivity contribution in [2.24, 2.45) is 0 Å². The third-order valence-electron chi connectivity index (χ3n) is 5.06. The van der Waals surface area contributed by atoms with Crippen LogP contribution in [0.5, 0.6) is 0 Å². The van der Waals surface area contributed by atoms with Gasteiger partial charge < -0.3 is 15.0 Å². The van der Waals surface area contributed by atoms with E-state index >= 15 is 0 Å². The number of benzene rings is 2. The van der Waals surface area contributed by atoms with Gasteiger partial charge >= 0.3 is 16.2 Å². The Morgan fingerprint density at radius 3 is 2.40 bits per heavy atom. The molecule has 1 saturated heterocycles. The highest BCUT2D eigenvalue weighted by molar-refractivity contribution is 14.1. The molecule has 2 aromatic carbocycles. The average Bonchev–Trinajstić information content (AvgIpc) is 2.80. The number of ether oxygens (including phenoxy) is 1. The van der Waals surface area contributed by atoms with Crippen molar-refractivity contribution in [3.05, 3.63) is 50.6 Å². The van der Waals surface area contributed by atoms with Gasteiger partial charge in [-0.25, -0.2) is 8.78 Å². The second-order valence-electron chi connectivity index (χ2n) is 7.40. The van der Waals surface area contributed by atoms with Crippen molar-refractivity contribution in [3.63, 3.8) is 0 Å². The van der Waals surface area contributed by atoms with Crippen LogP contribution >= 0.6 is 34.2 Å². The lowest BCUT2D eigenvalue weighted by molar-refractivity contribution is -0.149. The van der Waals surface area contributed by atoms with Crippen LogP contribution in [0, 0.1) is 15.2 Å². The first-order chi connectivity index (χ1) is 16.5. The summed E-state index contributed by atoms with van der Waals surface area (Å²) in [4.78, 5) is 25.1. The van der Waals surface area contributed by atoms with Crippen molar-refractivity contribution < 1.29 is 31.5 Å². The Balaban J connectivity index is 1.73. The van der Waals surface area contributed by atoms with E-state index in [9.17, 15) is 26.8 Å². The quantitative estimate of drug-likeness (QED) is 0.258. The number of halogens is 4. The Hall–Kier alpha value is -2.23. The molecule has 35 heavy (non-hydrogen) atoms. The molecule has 190 valence electrons. The summed E-state index contributed by atoms with van der Waals surface area (Å²) in [6, 6.07) is 6.75. The number of esters is 1. The normalized spacial score (nSPS) is 14.5. The van der Waals surface area contributed by atoms with Gasteiger partial charge in [0.1, 0.15) is 12.1 Å². The van der Waals surface area contributed by atoms with E-state index in [1.54, 1.807) is 25.1 Å². The predicted octanol–water partition coefficient (Wildman–Crippen LogP) is 3.72. The molecule has 2 N–H and O–H groups in total. The minimum atomic E-state index is -4.19.